The Morgan fingerprint density at radius 2 is 2.11 bits per heavy atom. The molecule has 1 saturated carbocycles. The molecule has 2 N–H and O–H groups in total. The van der Waals surface area contributed by atoms with E-state index >= 15 is 0 Å². The third-order valence-electron chi connectivity index (χ3n) is 3.89. The van der Waals surface area contributed by atoms with E-state index in [1.165, 1.54) is 0 Å². The van der Waals surface area contributed by atoms with E-state index in [0.717, 1.165) is 30.0 Å². The average molecular weight is 260 g/mol. The van der Waals surface area contributed by atoms with Gasteiger partial charge in [-0.25, -0.2) is 0 Å². The summed E-state index contributed by atoms with van der Waals surface area (Å²) in [5.74, 6) is 1.21. The predicted octanol–water partition coefficient (Wildman–Crippen LogP) is 3.01. The average Bonchev–Trinajstić information content (AvgIpc) is 3.15. The van der Waals surface area contributed by atoms with Gasteiger partial charge in [0.15, 0.2) is 0 Å². The molecule has 1 unspecified atom stereocenters. The molecule has 1 atom stereocenters. The maximum absolute atomic E-state index is 12.4. The molecule has 1 amide bonds. The number of hydrogen-bond donors (Lipinski definition) is 2. The van der Waals surface area contributed by atoms with Crippen LogP contribution in [-0.2, 0) is 4.79 Å². The van der Waals surface area contributed by atoms with Crippen LogP contribution in [0.3, 0.4) is 0 Å². The first kappa shape index (κ1) is 12.3. The lowest BCUT2D eigenvalue weighted by atomic mass is 9.91. The number of rotatable bonds is 3. The molecule has 4 nitrogen and oxygen atoms in total. The molecule has 1 aromatic rings. The number of fused-ring (bicyclic) bond motifs is 1. The Morgan fingerprint density at radius 3 is 2.74 bits per heavy atom. The van der Waals surface area contributed by atoms with Crippen molar-refractivity contribution in [1.29, 1.82) is 0 Å². The van der Waals surface area contributed by atoms with Crippen LogP contribution in [0.25, 0.3) is 0 Å². The molecule has 0 radical (unpaired) electrons. The Kier molecular flexibility index (Phi) is 2.69. The SMILES string of the molecule is CC(C)Oc1cccc2c1NC(=O)C(C)(C1CC1)N2. The zero-order valence-corrected chi connectivity index (χ0v) is 11.6. The van der Waals surface area contributed by atoms with Gasteiger partial charge in [0.1, 0.15) is 17.0 Å². The number of amides is 1. The molecule has 0 spiro atoms. The number of carbonyl (C=O) groups is 1. The molecule has 0 saturated heterocycles. The smallest absolute Gasteiger partial charge is 0.250 e. The molecule has 19 heavy (non-hydrogen) atoms. The van der Waals surface area contributed by atoms with Crippen molar-refractivity contribution >= 4 is 17.3 Å². The monoisotopic (exact) mass is 260 g/mol. The number of para-hydroxylation sites is 1. The second-order valence-corrected chi connectivity index (χ2v) is 5.90. The summed E-state index contributed by atoms with van der Waals surface area (Å²) in [7, 11) is 0. The zero-order valence-electron chi connectivity index (χ0n) is 11.6. The first-order chi connectivity index (χ1) is 9.00. The van der Waals surface area contributed by atoms with E-state index in [4.69, 9.17) is 4.74 Å². The van der Waals surface area contributed by atoms with Crippen LogP contribution in [0.2, 0.25) is 0 Å². The lowest BCUT2D eigenvalue weighted by Crippen LogP contribution is -2.52. The van der Waals surface area contributed by atoms with E-state index in [1.807, 2.05) is 39.0 Å². The predicted molar refractivity (Wildman–Crippen MR) is 75.6 cm³/mol. The molecular weight excluding hydrogens is 240 g/mol. The van der Waals surface area contributed by atoms with Gasteiger partial charge in [0.25, 0.3) is 0 Å². The summed E-state index contributed by atoms with van der Waals surface area (Å²) in [6, 6.07) is 5.83. The van der Waals surface area contributed by atoms with E-state index in [-0.39, 0.29) is 12.0 Å². The number of benzene rings is 1. The van der Waals surface area contributed by atoms with E-state index in [1.54, 1.807) is 0 Å². The number of hydrogen-bond acceptors (Lipinski definition) is 3. The van der Waals surface area contributed by atoms with Crippen molar-refractivity contribution in [1.82, 2.24) is 0 Å². The van der Waals surface area contributed by atoms with Gasteiger partial charge in [-0.15, -0.1) is 0 Å². The number of nitrogens with one attached hydrogen (secondary N) is 2. The Bertz CT molecular complexity index is 523. The van der Waals surface area contributed by atoms with Gasteiger partial charge in [-0.1, -0.05) is 6.07 Å². The van der Waals surface area contributed by atoms with Crippen molar-refractivity contribution in [3.63, 3.8) is 0 Å². The van der Waals surface area contributed by atoms with Crippen molar-refractivity contribution in [2.45, 2.75) is 45.3 Å². The van der Waals surface area contributed by atoms with Gasteiger partial charge in [-0.05, 0) is 51.7 Å². The number of carbonyl (C=O) groups excluding carboxylic acids is 1. The lowest BCUT2D eigenvalue weighted by Gasteiger charge is -2.36. The van der Waals surface area contributed by atoms with Gasteiger partial charge in [0.05, 0.1) is 11.8 Å². The first-order valence-electron chi connectivity index (χ1n) is 6.90. The Balaban J connectivity index is 1.96. The second kappa shape index (κ2) is 4.15. The molecule has 3 rings (SSSR count). The highest BCUT2D eigenvalue weighted by molar-refractivity contribution is 6.07. The quantitative estimate of drug-likeness (QED) is 0.878. The molecular formula is C15H20N2O2. The van der Waals surface area contributed by atoms with Crippen LogP contribution in [0.1, 0.15) is 33.6 Å². The van der Waals surface area contributed by atoms with Gasteiger partial charge in [0.2, 0.25) is 5.91 Å². The van der Waals surface area contributed by atoms with Crippen LogP contribution in [0.5, 0.6) is 5.75 Å². The molecule has 4 heteroatoms. The molecule has 1 heterocycles. The summed E-state index contributed by atoms with van der Waals surface area (Å²) in [4.78, 5) is 12.4. The van der Waals surface area contributed by atoms with Gasteiger partial charge in [-0.3, -0.25) is 4.79 Å². The summed E-state index contributed by atoms with van der Waals surface area (Å²) in [5, 5.41) is 6.43. The Hall–Kier alpha value is -1.71. The third-order valence-corrected chi connectivity index (χ3v) is 3.89. The third kappa shape index (κ3) is 2.05. The van der Waals surface area contributed by atoms with Crippen LogP contribution in [-0.4, -0.2) is 17.6 Å². The van der Waals surface area contributed by atoms with E-state index < -0.39 is 5.54 Å². The lowest BCUT2D eigenvalue weighted by molar-refractivity contribution is -0.120. The molecule has 1 aliphatic carbocycles. The number of ether oxygens (including phenoxy) is 1. The zero-order chi connectivity index (χ0) is 13.6. The largest absolute Gasteiger partial charge is 0.489 e. The Morgan fingerprint density at radius 1 is 1.37 bits per heavy atom. The van der Waals surface area contributed by atoms with Crippen LogP contribution in [0, 0.1) is 5.92 Å². The summed E-state index contributed by atoms with van der Waals surface area (Å²) in [6.45, 7) is 5.94. The van der Waals surface area contributed by atoms with Crippen molar-refractivity contribution in [3.8, 4) is 5.75 Å². The fraction of sp³-hybridized carbons (Fsp3) is 0.533. The molecule has 0 aromatic heterocycles. The minimum Gasteiger partial charge on any atom is -0.489 e. The maximum Gasteiger partial charge on any atom is 0.250 e. The fourth-order valence-electron chi connectivity index (χ4n) is 2.64. The van der Waals surface area contributed by atoms with Crippen LogP contribution >= 0.6 is 0 Å². The summed E-state index contributed by atoms with van der Waals surface area (Å²) in [5.41, 5.74) is 1.23. The maximum atomic E-state index is 12.4. The molecule has 1 aromatic carbocycles. The topological polar surface area (TPSA) is 50.4 Å². The molecule has 102 valence electrons. The van der Waals surface area contributed by atoms with E-state index in [9.17, 15) is 4.79 Å². The summed E-state index contributed by atoms with van der Waals surface area (Å²) in [6.07, 6.45) is 2.32. The van der Waals surface area contributed by atoms with Crippen molar-refractivity contribution in [2.24, 2.45) is 5.92 Å². The van der Waals surface area contributed by atoms with Crippen LogP contribution in [0.4, 0.5) is 11.4 Å². The summed E-state index contributed by atoms with van der Waals surface area (Å²) < 4.78 is 5.75. The van der Waals surface area contributed by atoms with Gasteiger partial charge in [-0.2, -0.15) is 0 Å². The second-order valence-electron chi connectivity index (χ2n) is 5.90. The van der Waals surface area contributed by atoms with E-state index in [2.05, 4.69) is 10.6 Å². The van der Waals surface area contributed by atoms with Crippen LogP contribution in [0.15, 0.2) is 18.2 Å². The highest BCUT2D eigenvalue weighted by Gasteiger charge is 2.49. The van der Waals surface area contributed by atoms with Crippen LogP contribution < -0.4 is 15.4 Å². The highest BCUT2D eigenvalue weighted by Crippen LogP contribution is 2.47. The minimum atomic E-state index is -0.483. The van der Waals surface area contributed by atoms with Crippen molar-refractivity contribution in [3.05, 3.63) is 18.2 Å². The van der Waals surface area contributed by atoms with Gasteiger partial charge >= 0.3 is 0 Å². The fourth-order valence-corrected chi connectivity index (χ4v) is 2.64. The van der Waals surface area contributed by atoms with Crippen molar-refractivity contribution in [2.75, 3.05) is 10.6 Å². The standard InChI is InChI=1S/C15H20N2O2/c1-9(2)19-12-6-4-5-11-13(12)16-14(18)15(3,17-11)10-7-8-10/h4-6,9-10,17H,7-8H2,1-3H3,(H,16,18). The normalized spacial score (nSPS) is 25.6. The Labute approximate surface area is 113 Å². The molecule has 0 bridgehead atoms. The van der Waals surface area contributed by atoms with Gasteiger partial charge in [0, 0.05) is 0 Å². The highest BCUT2D eigenvalue weighted by atomic mass is 16.5. The minimum absolute atomic E-state index is 0.0438. The molecule has 2 aliphatic rings. The number of anilines is 2. The van der Waals surface area contributed by atoms with Crippen molar-refractivity contribution < 1.29 is 9.53 Å². The van der Waals surface area contributed by atoms with E-state index in [0.29, 0.717) is 5.92 Å². The summed E-state index contributed by atoms with van der Waals surface area (Å²) >= 11 is 0. The van der Waals surface area contributed by atoms with Gasteiger partial charge < -0.3 is 15.4 Å². The first-order valence-corrected chi connectivity index (χ1v) is 6.90. The molecule has 1 aliphatic heterocycles. The molecule has 1 fully saturated rings.